The van der Waals surface area contributed by atoms with Crippen LogP contribution < -0.4 is 5.32 Å². The van der Waals surface area contributed by atoms with Gasteiger partial charge in [0.15, 0.2) is 11.3 Å². The Hall–Kier alpha value is -2.63. The first kappa shape index (κ1) is 20.3. The van der Waals surface area contributed by atoms with Crippen molar-refractivity contribution in [1.82, 2.24) is 19.7 Å². The third-order valence-electron chi connectivity index (χ3n) is 6.01. The normalized spacial score (nSPS) is 18.9. The summed E-state index contributed by atoms with van der Waals surface area (Å²) in [6.07, 6.45) is 6.35. The Morgan fingerprint density at radius 3 is 2.39 bits per heavy atom. The highest BCUT2D eigenvalue weighted by atomic mass is 35.5. The maximum absolute atomic E-state index is 6.55. The minimum Gasteiger partial charge on any atom is -0.365 e. The Bertz CT molecular complexity index is 1210. The number of nitrogens with one attached hydrogen (secondary N) is 1. The summed E-state index contributed by atoms with van der Waals surface area (Å²) in [7, 11) is 0. The van der Waals surface area contributed by atoms with Crippen molar-refractivity contribution in [2.45, 2.75) is 38.6 Å². The maximum atomic E-state index is 6.55. The number of anilines is 1. The average molecular weight is 452 g/mol. The first-order chi connectivity index (χ1) is 15.1. The fourth-order valence-electron chi connectivity index (χ4n) is 4.27. The van der Waals surface area contributed by atoms with Crippen LogP contribution in [0.4, 0.5) is 5.82 Å². The van der Waals surface area contributed by atoms with Gasteiger partial charge in [-0.25, -0.2) is 14.6 Å². The molecule has 1 aliphatic rings. The van der Waals surface area contributed by atoms with Crippen LogP contribution in [0, 0.1) is 5.92 Å². The van der Waals surface area contributed by atoms with Crippen LogP contribution in [0.5, 0.6) is 0 Å². The second-order valence-corrected chi connectivity index (χ2v) is 9.08. The third kappa shape index (κ3) is 4.00. The minimum atomic E-state index is 0.402. The molecule has 0 bridgehead atoms. The van der Waals surface area contributed by atoms with E-state index >= 15 is 0 Å². The molecule has 0 aliphatic heterocycles. The van der Waals surface area contributed by atoms with Crippen molar-refractivity contribution in [3.63, 3.8) is 0 Å². The lowest BCUT2D eigenvalue weighted by Gasteiger charge is -2.27. The van der Waals surface area contributed by atoms with Crippen LogP contribution >= 0.6 is 23.2 Å². The van der Waals surface area contributed by atoms with E-state index in [1.807, 2.05) is 53.2 Å². The Morgan fingerprint density at radius 2 is 1.65 bits per heavy atom. The molecule has 0 spiro atoms. The van der Waals surface area contributed by atoms with E-state index in [2.05, 4.69) is 22.2 Å². The van der Waals surface area contributed by atoms with Crippen LogP contribution in [0.3, 0.4) is 0 Å². The number of rotatable bonds is 4. The highest BCUT2D eigenvalue weighted by molar-refractivity contribution is 6.32. The summed E-state index contributed by atoms with van der Waals surface area (Å²) in [4.78, 5) is 9.16. The Balaban J connectivity index is 1.67. The van der Waals surface area contributed by atoms with Gasteiger partial charge in [0.2, 0.25) is 0 Å². The Labute approximate surface area is 191 Å². The van der Waals surface area contributed by atoms with Crippen LogP contribution in [-0.2, 0) is 0 Å². The van der Waals surface area contributed by atoms with Crippen molar-refractivity contribution in [2.75, 3.05) is 5.32 Å². The summed E-state index contributed by atoms with van der Waals surface area (Å²) in [5.41, 5.74) is 4.14. The number of aromatic nitrogens is 4. The van der Waals surface area contributed by atoms with Gasteiger partial charge in [0, 0.05) is 16.6 Å². The molecule has 158 valence electrons. The molecule has 4 aromatic rings. The van der Waals surface area contributed by atoms with Crippen molar-refractivity contribution in [1.29, 1.82) is 0 Å². The van der Waals surface area contributed by atoms with Crippen molar-refractivity contribution in [3.8, 4) is 16.9 Å². The van der Waals surface area contributed by atoms with Gasteiger partial charge < -0.3 is 5.32 Å². The summed E-state index contributed by atoms with van der Waals surface area (Å²) in [6, 6.07) is 15.8. The van der Waals surface area contributed by atoms with Gasteiger partial charge >= 0.3 is 0 Å². The third-order valence-corrected chi connectivity index (χ3v) is 6.58. The molecule has 31 heavy (non-hydrogen) atoms. The lowest BCUT2D eigenvalue weighted by Crippen LogP contribution is -2.25. The van der Waals surface area contributed by atoms with Crippen molar-refractivity contribution >= 4 is 40.1 Å². The average Bonchev–Trinajstić information content (AvgIpc) is 3.16. The molecule has 2 aromatic carbocycles. The Morgan fingerprint density at radius 1 is 0.903 bits per heavy atom. The highest BCUT2D eigenvalue weighted by Crippen LogP contribution is 2.35. The molecule has 5 nitrogen and oxygen atoms in total. The van der Waals surface area contributed by atoms with Gasteiger partial charge in [-0.15, -0.1) is 0 Å². The molecule has 5 rings (SSSR count). The summed E-state index contributed by atoms with van der Waals surface area (Å²) in [6.45, 7) is 2.32. The number of nitrogens with zero attached hydrogens (tertiary/aromatic N) is 4. The first-order valence-electron chi connectivity index (χ1n) is 10.6. The fourth-order valence-corrected chi connectivity index (χ4v) is 4.61. The molecule has 0 saturated heterocycles. The van der Waals surface area contributed by atoms with Gasteiger partial charge in [0.05, 0.1) is 10.7 Å². The molecule has 1 fully saturated rings. The van der Waals surface area contributed by atoms with Crippen molar-refractivity contribution in [3.05, 3.63) is 64.9 Å². The van der Waals surface area contributed by atoms with Gasteiger partial charge in [-0.2, -0.15) is 5.10 Å². The molecule has 1 saturated carbocycles. The van der Waals surface area contributed by atoms with Crippen molar-refractivity contribution in [2.24, 2.45) is 5.92 Å². The SMILES string of the molecule is CC1CCC(Nc2ncnc3c(-c4ccc(Cl)cc4)n(-c4ccccc4Cl)nc23)CC1. The minimum absolute atomic E-state index is 0.402. The van der Waals surface area contributed by atoms with Crippen LogP contribution in [-0.4, -0.2) is 25.8 Å². The smallest absolute Gasteiger partial charge is 0.158 e. The Kier molecular flexibility index (Phi) is 5.55. The quantitative estimate of drug-likeness (QED) is 0.371. The van der Waals surface area contributed by atoms with Gasteiger partial charge in [-0.3, -0.25) is 0 Å². The molecule has 1 N–H and O–H groups in total. The predicted octanol–water partition coefficient (Wildman–Crippen LogP) is 6.78. The topological polar surface area (TPSA) is 55.6 Å². The number of fused-ring (bicyclic) bond motifs is 1. The first-order valence-corrected chi connectivity index (χ1v) is 11.4. The number of hydrogen-bond acceptors (Lipinski definition) is 4. The fraction of sp³-hybridized carbons (Fsp3) is 0.292. The lowest BCUT2D eigenvalue weighted by atomic mass is 9.87. The predicted molar refractivity (Wildman–Crippen MR) is 127 cm³/mol. The number of halogens is 2. The van der Waals surface area contributed by atoms with Crippen LogP contribution in [0.15, 0.2) is 54.9 Å². The van der Waals surface area contributed by atoms with E-state index in [4.69, 9.17) is 28.3 Å². The monoisotopic (exact) mass is 451 g/mol. The van der Waals surface area contributed by atoms with Crippen LogP contribution in [0.2, 0.25) is 10.0 Å². The zero-order valence-electron chi connectivity index (χ0n) is 17.2. The molecule has 2 aromatic heterocycles. The van der Waals surface area contributed by atoms with Gasteiger partial charge in [0.1, 0.15) is 17.5 Å². The zero-order valence-corrected chi connectivity index (χ0v) is 18.7. The molecule has 7 heteroatoms. The molecule has 0 amide bonds. The molecular formula is C24H23Cl2N5. The standard InChI is InChI=1S/C24H23Cl2N5/c1-15-6-12-18(13-7-15)29-24-22-21(27-14-28-24)23(16-8-10-17(25)11-9-16)31(30-22)20-5-3-2-4-19(20)26/h2-5,8-11,14-15,18H,6-7,12-13H2,1H3,(H,27,28,29). The van der Waals surface area contributed by atoms with Crippen LogP contribution in [0.25, 0.3) is 28.0 Å². The summed E-state index contributed by atoms with van der Waals surface area (Å²) in [5.74, 6) is 1.56. The second-order valence-electron chi connectivity index (χ2n) is 8.24. The second kappa shape index (κ2) is 8.48. The van der Waals surface area contributed by atoms with E-state index in [-0.39, 0.29) is 0 Å². The van der Waals surface area contributed by atoms with E-state index in [0.29, 0.717) is 16.1 Å². The van der Waals surface area contributed by atoms with Gasteiger partial charge in [0.25, 0.3) is 0 Å². The lowest BCUT2D eigenvalue weighted by molar-refractivity contribution is 0.361. The summed E-state index contributed by atoms with van der Waals surface area (Å²) < 4.78 is 1.86. The summed E-state index contributed by atoms with van der Waals surface area (Å²) in [5, 5.41) is 9.87. The molecule has 0 radical (unpaired) electrons. The molecule has 2 heterocycles. The van der Waals surface area contributed by atoms with E-state index in [1.54, 1.807) is 6.33 Å². The van der Waals surface area contributed by atoms with E-state index in [1.165, 1.54) is 12.8 Å². The van der Waals surface area contributed by atoms with Gasteiger partial charge in [-0.1, -0.05) is 54.4 Å². The molecule has 1 aliphatic carbocycles. The van der Waals surface area contributed by atoms with E-state index < -0.39 is 0 Å². The largest absolute Gasteiger partial charge is 0.365 e. The van der Waals surface area contributed by atoms with E-state index in [0.717, 1.165) is 52.6 Å². The maximum Gasteiger partial charge on any atom is 0.158 e. The van der Waals surface area contributed by atoms with Crippen molar-refractivity contribution < 1.29 is 0 Å². The number of para-hydroxylation sites is 1. The summed E-state index contributed by atoms with van der Waals surface area (Å²) >= 11 is 12.7. The number of hydrogen-bond donors (Lipinski definition) is 1. The number of benzene rings is 2. The molecule has 0 unspecified atom stereocenters. The molecule has 0 atom stereocenters. The van der Waals surface area contributed by atoms with E-state index in [9.17, 15) is 0 Å². The highest BCUT2D eigenvalue weighted by Gasteiger charge is 2.23. The van der Waals surface area contributed by atoms with Crippen LogP contribution in [0.1, 0.15) is 32.6 Å². The zero-order chi connectivity index (χ0) is 21.4. The molecular weight excluding hydrogens is 429 g/mol. The van der Waals surface area contributed by atoms with Gasteiger partial charge in [-0.05, 0) is 55.9 Å².